The lowest BCUT2D eigenvalue weighted by Crippen LogP contribution is -2.49. The molecule has 0 saturated carbocycles. The molecular weight excluding hydrogens is 332 g/mol. The number of aromatic nitrogens is 1. The number of carbonyl (C=O) groups is 1. The fraction of sp³-hybridized carbons (Fsp3) is 0.368. The maximum atomic E-state index is 12.3. The van der Waals surface area contributed by atoms with Crippen molar-refractivity contribution in [1.29, 1.82) is 0 Å². The van der Waals surface area contributed by atoms with Gasteiger partial charge in [0.1, 0.15) is 11.5 Å². The second-order valence-corrected chi connectivity index (χ2v) is 6.11. The van der Waals surface area contributed by atoms with Crippen LogP contribution in [-0.2, 0) is 6.54 Å². The van der Waals surface area contributed by atoms with E-state index in [4.69, 9.17) is 9.47 Å². The third kappa shape index (κ3) is 4.43. The van der Waals surface area contributed by atoms with Crippen LogP contribution in [0.2, 0.25) is 0 Å². The van der Waals surface area contributed by atoms with Gasteiger partial charge in [-0.15, -0.1) is 0 Å². The minimum atomic E-state index is -0.0865. The molecule has 0 atom stereocenters. The SMILES string of the molecule is COc1ccc(OC)c(CN2CCN(C(=O)Nc3cccnc3)CC2)c1. The molecule has 0 spiro atoms. The number of ether oxygens (including phenoxy) is 2. The van der Waals surface area contributed by atoms with Gasteiger partial charge in [-0.1, -0.05) is 0 Å². The van der Waals surface area contributed by atoms with E-state index in [1.165, 1.54) is 0 Å². The van der Waals surface area contributed by atoms with E-state index in [0.717, 1.165) is 36.7 Å². The molecule has 1 aromatic carbocycles. The Bertz CT molecular complexity index is 731. The molecule has 7 nitrogen and oxygen atoms in total. The molecule has 1 fully saturated rings. The summed E-state index contributed by atoms with van der Waals surface area (Å²) in [5.74, 6) is 1.66. The minimum Gasteiger partial charge on any atom is -0.497 e. The number of urea groups is 1. The lowest BCUT2D eigenvalue weighted by atomic mass is 10.1. The van der Waals surface area contributed by atoms with Gasteiger partial charge >= 0.3 is 6.03 Å². The number of methoxy groups -OCH3 is 2. The number of pyridine rings is 1. The van der Waals surface area contributed by atoms with E-state index in [1.807, 2.05) is 29.2 Å². The zero-order valence-electron chi connectivity index (χ0n) is 15.1. The van der Waals surface area contributed by atoms with Crippen LogP contribution in [0.3, 0.4) is 0 Å². The quantitative estimate of drug-likeness (QED) is 0.891. The van der Waals surface area contributed by atoms with Crippen LogP contribution in [0.4, 0.5) is 10.5 Å². The highest BCUT2D eigenvalue weighted by Crippen LogP contribution is 2.25. The first-order valence-electron chi connectivity index (χ1n) is 8.59. The fourth-order valence-electron chi connectivity index (χ4n) is 2.99. The van der Waals surface area contributed by atoms with Gasteiger partial charge in [-0.25, -0.2) is 4.79 Å². The van der Waals surface area contributed by atoms with Gasteiger partial charge in [-0.3, -0.25) is 9.88 Å². The summed E-state index contributed by atoms with van der Waals surface area (Å²) in [5, 5.41) is 2.88. The fourth-order valence-corrected chi connectivity index (χ4v) is 2.99. The monoisotopic (exact) mass is 356 g/mol. The Morgan fingerprint density at radius 1 is 1.15 bits per heavy atom. The molecule has 1 aliphatic rings. The smallest absolute Gasteiger partial charge is 0.321 e. The summed E-state index contributed by atoms with van der Waals surface area (Å²) in [7, 11) is 3.33. The summed E-state index contributed by atoms with van der Waals surface area (Å²) in [5.41, 5.74) is 1.79. The Kier molecular flexibility index (Phi) is 5.91. The van der Waals surface area contributed by atoms with Crippen molar-refractivity contribution < 1.29 is 14.3 Å². The highest BCUT2D eigenvalue weighted by atomic mass is 16.5. The van der Waals surface area contributed by atoms with Gasteiger partial charge in [0, 0.05) is 44.5 Å². The van der Waals surface area contributed by atoms with Crippen molar-refractivity contribution in [2.45, 2.75) is 6.54 Å². The van der Waals surface area contributed by atoms with Crippen molar-refractivity contribution >= 4 is 11.7 Å². The summed E-state index contributed by atoms with van der Waals surface area (Å²) in [6.45, 7) is 3.73. The number of benzene rings is 1. The summed E-state index contributed by atoms with van der Waals surface area (Å²) in [6, 6.07) is 9.36. The summed E-state index contributed by atoms with van der Waals surface area (Å²) < 4.78 is 10.8. The predicted octanol–water partition coefficient (Wildman–Crippen LogP) is 2.45. The van der Waals surface area contributed by atoms with E-state index in [9.17, 15) is 4.79 Å². The molecule has 2 amide bonds. The molecule has 7 heteroatoms. The molecule has 1 aliphatic heterocycles. The Morgan fingerprint density at radius 3 is 2.62 bits per heavy atom. The molecule has 2 heterocycles. The summed E-state index contributed by atoms with van der Waals surface area (Å²) >= 11 is 0. The molecule has 138 valence electrons. The van der Waals surface area contributed by atoms with Crippen LogP contribution in [0.15, 0.2) is 42.7 Å². The van der Waals surface area contributed by atoms with Crippen LogP contribution < -0.4 is 14.8 Å². The summed E-state index contributed by atoms with van der Waals surface area (Å²) in [4.78, 5) is 20.5. The van der Waals surface area contributed by atoms with Gasteiger partial charge < -0.3 is 19.7 Å². The van der Waals surface area contributed by atoms with Crippen molar-refractivity contribution in [2.24, 2.45) is 0 Å². The van der Waals surface area contributed by atoms with E-state index >= 15 is 0 Å². The number of amides is 2. The molecule has 1 saturated heterocycles. The largest absolute Gasteiger partial charge is 0.497 e. The van der Waals surface area contributed by atoms with Crippen molar-refractivity contribution in [2.75, 3.05) is 45.7 Å². The predicted molar refractivity (Wildman–Crippen MR) is 99.7 cm³/mol. The van der Waals surface area contributed by atoms with Crippen molar-refractivity contribution in [3.8, 4) is 11.5 Å². The number of rotatable bonds is 5. The number of anilines is 1. The molecule has 0 bridgehead atoms. The van der Waals surface area contributed by atoms with Crippen molar-refractivity contribution in [1.82, 2.24) is 14.8 Å². The number of carbonyl (C=O) groups excluding carboxylic acids is 1. The van der Waals surface area contributed by atoms with Gasteiger partial charge in [0.2, 0.25) is 0 Å². The Morgan fingerprint density at radius 2 is 1.96 bits per heavy atom. The minimum absolute atomic E-state index is 0.0865. The highest BCUT2D eigenvalue weighted by Gasteiger charge is 2.22. The number of nitrogens with zero attached hydrogens (tertiary/aromatic N) is 3. The van der Waals surface area contributed by atoms with Crippen molar-refractivity contribution in [3.63, 3.8) is 0 Å². The molecule has 1 N–H and O–H groups in total. The number of hydrogen-bond donors (Lipinski definition) is 1. The highest BCUT2D eigenvalue weighted by molar-refractivity contribution is 5.89. The third-order valence-electron chi connectivity index (χ3n) is 4.45. The maximum Gasteiger partial charge on any atom is 0.321 e. The zero-order valence-corrected chi connectivity index (χ0v) is 15.1. The van der Waals surface area contributed by atoms with Crippen LogP contribution in [-0.4, -0.2) is 61.2 Å². The van der Waals surface area contributed by atoms with Gasteiger partial charge in [0.25, 0.3) is 0 Å². The second kappa shape index (κ2) is 8.53. The van der Waals surface area contributed by atoms with Gasteiger partial charge in [-0.2, -0.15) is 0 Å². The second-order valence-electron chi connectivity index (χ2n) is 6.11. The number of hydrogen-bond acceptors (Lipinski definition) is 5. The molecule has 0 radical (unpaired) electrons. The van der Waals surface area contributed by atoms with E-state index in [-0.39, 0.29) is 6.03 Å². The molecule has 26 heavy (non-hydrogen) atoms. The van der Waals surface area contributed by atoms with E-state index in [1.54, 1.807) is 32.7 Å². The molecule has 3 rings (SSSR count). The first kappa shape index (κ1) is 18.0. The Hall–Kier alpha value is -2.80. The normalized spacial score (nSPS) is 14.8. The molecular formula is C19H24N4O3. The van der Waals surface area contributed by atoms with Crippen LogP contribution in [0.1, 0.15) is 5.56 Å². The summed E-state index contributed by atoms with van der Waals surface area (Å²) in [6.07, 6.45) is 3.32. The van der Waals surface area contributed by atoms with Crippen LogP contribution in [0, 0.1) is 0 Å². The first-order valence-corrected chi connectivity index (χ1v) is 8.59. The van der Waals surface area contributed by atoms with E-state index in [0.29, 0.717) is 18.8 Å². The van der Waals surface area contributed by atoms with E-state index < -0.39 is 0 Å². The van der Waals surface area contributed by atoms with E-state index in [2.05, 4.69) is 15.2 Å². The molecule has 0 aliphatic carbocycles. The third-order valence-corrected chi connectivity index (χ3v) is 4.45. The van der Waals surface area contributed by atoms with Crippen LogP contribution >= 0.6 is 0 Å². The molecule has 1 aromatic heterocycles. The number of piperazine rings is 1. The lowest BCUT2D eigenvalue weighted by Gasteiger charge is -2.34. The standard InChI is InChI=1S/C19H24N4O3/c1-25-17-5-6-18(26-2)15(12-17)14-22-8-10-23(11-9-22)19(24)21-16-4-3-7-20-13-16/h3-7,12-13H,8-11,14H2,1-2H3,(H,21,24). The maximum absolute atomic E-state index is 12.3. The Balaban J connectivity index is 1.55. The molecule has 0 unspecified atom stereocenters. The first-order chi connectivity index (χ1) is 12.7. The average Bonchev–Trinajstić information content (AvgIpc) is 2.69. The number of nitrogens with one attached hydrogen (secondary N) is 1. The lowest BCUT2D eigenvalue weighted by molar-refractivity contribution is 0.142. The average molecular weight is 356 g/mol. The van der Waals surface area contributed by atoms with Crippen molar-refractivity contribution in [3.05, 3.63) is 48.3 Å². The Labute approximate surface area is 153 Å². The molecule has 2 aromatic rings. The van der Waals surface area contributed by atoms with Gasteiger partial charge in [0.15, 0.2) is 0 Å². The van der Waals surface area contributed by atoms with Gasteiger partial charge in [-0.05, 0) is 30.3 Å². The van der Waals surface area contributed by atoms with Crippen LogP contribution in [0.25, 0.3) is 0 Å². The van der Waals surface area contributed by atoms with Crippen LogP contribution in [0.5, 0.6) is 11.5 Å². The van der Waals surface area contributed by atoms with Gasteiger partial charge in [0.05, 0.1) is 26.1 Å². The topological polar surface area (TPSA) is 66.9 Å². The zero-order chi connectivity index (χ0) is 18.4.